The molecular formula is CH5N5. The van der Waals surface area contributed by atoms with E-state index in [1.54, 1.807) is 0 Å². The van der Waals surface area contributed by atoms with Crippen LogP contribution in [0.3, 0.4) is 0 Å². The molecule has 0 bridgehead atoms. The lowest BCUT2D eigenvalue weighted by atomic mass is 11.4. The van der Waals surface area contributed by atoms with Crippen molar-refractivity contribution in [1.29, 1.82) is 5.26 Å². The second-order valence-electron chi connectivity index (χ2n) is 0.631. The Morgan fingerprint density at radius 1 is 1.67 bits per heavy atom. The molecule has 0 aliphatic heterocycles. The summed E-state index contributed by atoms with van der Waals surface area (Å²) in [6.45, 7) is 0. The molecule has 0 spiro atoms. The van der Waals surface area contributed by atoms with E-state index in [9.17, 15) is 0 Å². The van der Waals surface area contributed by atoms with E-state index in [1.165, 1.54) is 6.19 Å². The van der Waals surface area contributed by atoms with Crippen LogP contribution >= 0.6 is 0 Å². The van der Waals surface area contributed by atoms with Crippen LogP contribution in [-0.2, 0) is 0 Å². The minimum atomic E-state index is 0.569. The molecule has 0 unspecified atom stereocenters. The number of nitrogens with one attached hydrogen (secondary N) is 1. The number of rotatable bonds is 1. The van der Waals surface area contributed by atoms with E-state index in [0.29, 0.717) is 5.23 Å². The maximum atomic E-state index is 7.67. The molecule has 0 amide bonds. The minimum Gasteiger partial charge on any atom is -0.236 e. The molecule has 0 radical (unpaired) electrons. The summed E-state index contributed by atoms with van der Waals surface area (Å²) in [7, 11) is 0. The van der Waals surface area contributed by atoms with E-state index >= 15 is 0 Å². The Labute approximate surface area is 35.0 Å². The van der Waals surface area contributed by atoms with E-state index in [-0.39, 0.29) is 0 Å². The molecule has 0 aromatic carbocycles. The number of hydrogen-bond acceptors (Lipinski definition) is 5. The van der Waals surface area contributed by atoms with Gasteiger partial charge >= 0.3 is 0 Å². The molecule has 5 heteroatoms. The van der Waals surface area contributed by atoms with Crippen LogP contribution in [0.5, 0.6) is 0 Å². The first kappa shape index (κ1) is 5.17. The average molecular weight is 87.1 g/mol. The topological polar surface area (TPSA) is 91.1 Å². The monoisotopic (exact) mass is 87.1 g/mol. The van der Waals surface area contributed by atoms with E-state index < -0.39 is 0 Å². The number of hydrazine groups is 3. The first-order chi connectivity index (χ1) is 2.77. The summed E-state index contributed by atoms with van der Waals surface area (Å²) in [5, 5.41) is 8.24. The highest BCUT2D eigenvalue weighted by molar-refractivity contribution is 4.55. The summed E-state index contributed by atoms with van der Waals surface area (Å²) in [4.78, 5) is 0. The zero-order chi connectivity index (χ0) is 4.99. The lowest BCUT2D eigenvalue weighted by Crippen LogP contribution is -2.46. The Bertz CT molecular complexity index is 58.8. The lowest BCUT2D eigenvalue weighted by molar-refractivity contribution is 0.241. The second kappa shape index (κ2) is 2.41. The molecule has 0 heterocycles. The van der Waals surface area contributed by atoms with Gasteiger partial charge in [-0.1, -0.05) is 5.23 Å². The minimum absolute atomic E-state index is 0.569. The van der Waals surface area contributed by atoms with Crippen LogP contribution in [0.25, 0.3) is 0 Å². The predicted octanol–water partition coefficient (Wildman–Crippen LogP) is -1.98. The third-order valence-electron chi connectivity index (χ3n) is 0.179. The zero-order valence-corrected chi connectivity index (χ0v) is 3.05. The average Bonchev–Trinajstić information content (AvgIpc) is 1.35. The van der Waals surface area contributed by atoms with Gasteiger partial charge in [0.1, 0.15) is 0 Å². The van der Waals surface area contributed by atoms with Gasteiger partial charge in [0, 0.05) is 0 Å². The fourth-order valence-electron chi connectivity index (χ4n) is 0.0577. The van der Waals surface area contributed by atoms with Crippen molar-refractivity contribution in [3.05, 3.63) is 0 Å². The molecule has 0 aliphatic carbocycles. The van der Waals surface area contributed by atoms with Crippen LogP contribution in [-0.4, -0.2) is 5.23 Å². The highest BCUT2D eigenvalue weighted by Gasteiger charge is 1.74. The van der Waals surface area contributed by atoms with Crippen molar-refractivity contribution in [3.8, 4) is 6.19 Å². The lowest BCUT2D eigenvalue weighted by Gasteiger charge is -2.00. The van der Waals surface area contributed by atoms with Crippen LogP contribution in [0.1, 0.15) is 0 Å². The molecule has 34 valence electrons. The molecule has 0 saturated carbocycles. The molecule has 6 heavy (non-hydrogen) atoms. The molecule has 0 aromatic rings. The van der Waals surface area contributed by atoms with Gasteiger partial charge in [0.05, 0.1) is 0 Å². The van der Waals surface area contributed by atoms with E-state index in [1.807, 2.05) is 5.43 Å². The molecular weight excluding hydrogens is 82.0 g/mol. The molecule has 0 aromatic heterocycles. The maximum absolute atomic E-state index is 7.67. The first-order valence-electron chi connectivity index (χ1n) is 1.21. The summed E-state index contributed by atoms with van der Waals surface area (Å²) >= 11 is 0. The van der Waals surface area contributed by atoms with Gasteiger partial charge < -0.3 is 0 Å². The van der Waals surface area contributed by atoms with E-state index in [2.05, 4.69) is 11.7 Å². The maximum Gasteiger partial charge on any atom is 0.194 e. The van der Waals surface area contributed by atoms with Gasteiger partial charge in [0.2, 0.25) is 0 Å². The Balaban J connectivity index is 2.88. The first-order valence-corrected chi connectivity index (χ1v) is 1.21. The van der Waals surface area contributed by atoms with E-state index in [4.69, 9.17) is 5.26 Å². The standard InChI is InChI=1S/CH5N5/c2-1-5-6(3)4/h5H,3-4H2. The van der Waals surface area contributed by atoms with Crippen LogP contribution in [0, 0.1) is 11.5 Å². The number of nitrogens with two attached hydrogens (primary N) is 2. The predicted molar refractivity (Wildman–Crippen MR) is 19.0 cm³/mol. The van der Waals surface area contributed by atoms with Crippen molar-refractivity contribution < 1.29 is 0 Å². The summed E-state index contributed by atoms with van der Waals surface area (Å²) in [6.07, 6.45) is 1.49. The SMILES string of the molecule is N#CNN(N)N. The molecule has 0 atom stereocenters. The molecule has 5 N–H and O–H groups in total. The van der Waals surface area contributed by atoms with Crippen molar-refractivity contribution in [2.24, 2.45) is 11.7 Å². The Morgan fingerprint density at radius 2 is 2.17 bits per heavy atom. The summed E-state index contributed by atoms with van der Waals surface area (Å²) in [5.74, 6) is 9.36. The van der Waals surface area contributed by atoms with Crippen LogP contribution in [0.15, 0.2) is 0 Å². The zero-order valence-electron chi connectivity index (χ0n) is 3.05. The quantitative estimate of drug-likeness (QED) is 0.149. The normalized spacial score (nSPS) is 7.67. The van der Waals surface area contributed by atoms with E-state index in [0.717, 1.165) is 0 Å². The Morgan fingerprint density at radius 3 is 2.17 bits per heavy atom. The van der Waals surface area contributed by atoms with Crippen molar-refractivity contribution in [1.82, 2.24) is 10.7 Å². The third-order valence-corrected chi connectivity index (χ3v) is 0.179. The molecule has 0 rings (SSSR count). The summed E-state index contributed by atoms with van der Waals surface area (Å²) < 4.78 is 0. The second-order valence-corrected chi connectivity index (χ2v) is 0.631. The molecule has 0 aliphatic rings. The number of hydrogen-bond donors (Lipinski definition) is 3. The van der Waals surface area contributed by atoms with Gasteiger partial charge in [0.25, 0.3) is 0 Å². The van der Waals surface area contributed by atoms with Crippen molar-refractivity contribution >= 4 is 0 Å². The third kappa shape index (κ3) is 3.17. The summed E-state index contributed by atoms with van der Waals surface area (Å²) in [6, 6.07) is 0. The van der Waals surface area contributed by atoms with Crippen LogP contribution < -0.4 is 17.1 Å². The Kier molecular flexibility index (Phi) is 2.08. The van der Waals surface area contributed by atoms with Gasteiger partial charge in [-0.25, -0.2) is 17.1 Å². The van der Waals surface area contributed by atoms with Crippen molar-refractivity contribution in [2.45, 2.75) is 0 Å². The fourth-order valence-corrected chi connectivity index (χ4v) is 0.0577. The summed E-state index contributed by atoms with van der Waals surface area (Å²) in [5.41, 5.74) is 1.90. The van der Waals surface area contributed by atoms with Gasteiger partial charge in [-0.2, -0.15) is 5.26 Å². The van der Waals surface area contributed by atoms with Gasteiger partial charge in [0.15, 0.2) is 6.19 Å². The van der Waals surface area contributed by atoms with Crippen LogP contribution in [0.4, 0.5) is 0 Å². The van der Waals surface area contributed by atoms with Gasteiger partial charge in [-0.05, 0) is 0 Å². The highest BCUT2D eigenvalue weighted by Crippen LogP contribution is 1.37. The van der Waals surface area contributed by atoms with Gasteiger partial charge in [-0.15, -0.1) is 0 Å². The van der Waals surface area contributed by atoms with Crippen molar-refractivity contribution in [3.63, 3.8) is 0 Å². The molecule has 0 saturated heterocycles. The number of nitrogens with zero attached hydrogens (tertiary/aromatic N) is 2. The van der Waals surface area contributed by atoms with Crippen molar-refractivity contribution in [2.75, 3.05) is 0 Å². The van der Waals surface area contributed by atoms with Gasteiger partial charge in [-0.3, -0.25) is 0 Å². The Hall–Kier alpha value is -0.830. The number of nitriles is 1. The fraction of sp³-hybridized carbons (Fsp3) is 0. The molecule has 5 nitrogen and oxygen atoms in total. The smallest absolute Gasteiger partial charge is 0.194 e. The highest BCUT2D eigenvalue weighted by atomic mass is 15.8. The molecule has 0 fully saturated rings. The largest absolute Gasteiger partial charge is 0.236 e. The van der Waals surface area contributed by atoms with Crippen LogP contribution in [0.2, 0.25) is 0 Å².